The van der Waals surface area contributed by atoms with E-state index in [9.17, 15) is 0 Å². The molecule has 1 N–H and O–H groups in total. The van der Waals surface area contributed by atoms with Gasteiger partial charge in [0, 0.05) is 16.0 Å². The van der Waals surface area contributed by atoms with Crippen LogP contribution in [-0.2, 0) is 19.4 Å². The Hall–Kier alpha value is -0.940. The standard InChI is InChI=1S/C11H13N3S2/c1-7-5-12-11(15-7)13-6-10-14-8-3-2-4-9(8)16-10/h5H,2-4,6H2,1H3,(H,12,13). The van der Waals surface area contributed by atoms with Crippen molar-refractivity contribution in [3.05, 3.63) is 26.7 Å². The van der Waals surface area contributed by atoms with Gasteiger partial charge in [0.15, 0.2) is 5.13 Å². The molecule has 0 fully saturated rings. The Morgan fingerprint density at radius 1 is 1.38 bits per heavy atom. The van der Waals surface area contributed by atoms with Gasteiger partial charge in [0.1, 0.15) is 5.01 Å². The molecule has 1 aliphatic carbocycles. The summed E-state index contributed by atoms with van der Waals surface area (Å²) < 4.78 is 0. The second kappa shape index (κ2) is 4.14. The molecule has 0 aromatic carbocycles. The molecule has 2 heterocycles. The predicted molar refractivity (Wildman–Crippen MR) is 68.3 cm³/mol. The van der Waals surface area contributed by atoms with Crippen LogP contribution in [0.3, 0.4) is 0 Å². The summed E-state index contributed by atoms with van der Waals surface area (Å²) in [5.41, 5.74) is 1.33. The Kier molecular flexibility index (Phi) is 2.65. The minimum Gasteiger partial charge on any atom is -0.355 e. The molecule has 2 aromatic heterocycles. The zero-order valence-corrected chi connectivity index (χ0v) is 10.7. The van der Waals surface area contributed by atoms with Gasteiger partial charge in [0.25, 0.3) is 0 Å². The summed E-state index contributed by atoms with van der Waals surface area (Å²) in [4.78, 5) is 11.7. The third-order valence-corrected chi connectivity index (χ3v) is 4.68. The van der Waals surface area contributed by atoms with Crippen LogP contribution in [0.5, 0.6) is 0 Å². The first-order valence-electron chi connectivity index (χ1n) is 5.45. The zero-order chi connectivity index (χ0) is 11.0. The van der Waals surface area contributed by atoms with E-state index in [1.807, 2.05) is 17.5 Å². The molecule has 0 unspecified atom stereocenters. The van der Waals surface area contributed by atoms with Gasteiger partial charge in [-0.05, 0) is 26.2 Å². The van der Waals surface area contributed by atoms with Crippen LogP contribution in [0.4, 0.5) is 5.13 Å². The first-order valence-corrected chi connectivity index (χ1v) is 7.08. The highest BCUT2D eigenvalue weighted by atomic mass is 32.1. The second-order valence-corrected chi connectivity index (χ2v) is 6.36. The largest absolute Gasteiger partial charge is 0.355 e. The van der Waals surface area contributed by atoms with Crippen LogP contribution in [-0.4, -0.2) is 9.97 Å². The quantitative estimate of drug-likeness (QED) is 0.911. The molecule has 0 bridgehead atoms. The first-order chi connectivity index (χ1) is 7.81. The molecule has 0 spiro atoms. The van der Waals surface area contributed by atoms with Gasteiger partial charge in [-0.3, -0.25) is 0 Å². The number of hydrogen-bond donors (Lipinski definition) is 1. The number of fused-ring (bicyclic) bond motifs is 1. The van der Waals surface area contributed by atoms with Gasteiger partial charge in [-0.15, -0.1) is 22.7 Å². The zero-order valence-electron chi connectivity index (χ0n) is 9.12. The number of aromatic nitrogens is 2. The van der Waals surface area contributed by atoms with Gasteiger partial charge >= 0.3 is 0 Å². The number of thiazole rings is 2. The van der Waals surface area contributed by atoms with E-state index in [2.05, 4.69) is 22.2 Å². The van der Waals surface area contributed by atoms with Crippen molar-refractivity contribution in [2.75, 3.05) is 5.32 Å². The van der Waals surface area contributed by atoms with E-state index < -0.39 is 0 Å². The number of rotatable bonds is 3. The average molecular weight is 251 g/mol. The summed E-state index contributed by atoms with van der Waals surface area (Å²) in [7, 11) is 0. The van der Waals surface area contributed by atoms with Crippen LogP contribution in [0.1, 0.15) is 26.9 Å². The van der Waals surface area contributed by atoms with Gasteiger partial charge in [-0.2, -0.15) is 0 Å². The smallest absolute Gasteiger partial charge is 0.183 e. The summed E-state index contributed by atoms with van der Waals surface area (Å²) in [6, 6.07) is 0. The Morgan fingerprint density at radius 2 is 2.31 bits per heavy atom. The second-order valence-electron chi connectivity index (χ2n) is 3.96. The van der Waals surface area contributed by atoms with Gasteiger partial charge in [-0.1, -0.05) is 0 Å². The minimum atomic E-state index is 0.810. The molecule has 3 rings (SSSR count). The molecule has 84 valence electrons. The van der Waals surface area contributed by atoms with Crippen molar-refractivity contribution in [3.8, 4) is 0 Å². The molecule has 0 atom stereocenters. The number of nitrogens with one attached hydrogen (secondary N) is 1. The van der Waals surface area contributed by atoms with Crippen LogP contribution in [0, 0.1) is 6.92 Å². The van der Waals surface area contributed by atoms with Crippen molar-refractivity contribution < 1.29 is 0 Å². The number of hydrogen-bond acceptors (Lipinski definition) is 5. The van der Waals surface area contributed by atoms with Gasteiger partial charge in [-0.25, -0.2) is 9.97 Å². The van der Waals surface area contributed by atoms with E-state index in [-0.39, 0.29) is 0 Å². The van der Waals surface area contributed by atoms with E-state index in [4.69, 9.17) is 0 Å². The van der Waals surface area contributed by atoms with E-state index in [0.717, 1.165) is 11.7 Å². The molecule has 5 heteroatoms. The molecular formula is C11H13N3S2. The summed E-state index contributed by atoms with van der Waals surface area (Å²) in [6.45, 7) is 2.88. The Balaban J connectivity index is 1.66. The van der Waals surface area contributed by atoms with Crippen molar-refractivity contribution in [3.63, 3.8) is 0 Å². The lowest BCUT2D eigenvalue weighted by atomic mass is 10.4. The lowest BCUT2D eigenvalue weighted by Crippen LogP contribution is -1.98. The summed E-state index contributed by atoms with van der Waals surface area (Å²) in [5, 5.41) is 5.51. The Labute approximate surface area is 103 Å². The fourth-order valence-corrected chi connectivity index (χ4v) is 3.66. The highest BCUT2D eigenvalue weighted by Gasteiger charge is 2.16. The molecule has 0 radical (unpaired) electrons. The van der Waals surface area contributed by atoms with Gasteiger partial charge < -0.3 is 5.32 Å². The van der Waals surface area contributed by atoms with Crippen molar-refractivity contribution >= 4 is 27.8 Å². The van der Waals surface area contributed by atoms with E-state index in [1.165, 1.54) is 39.7 Å². The number of aryl methyl sites for hydroxylation is 3. The molecular weight excluding hydrogens is 238 g/mol. The van der Waals surface area contributed by atoms with Crippen LogP contribution in [0.25, 0.3) is 0 Å². The maximum absolute atomic E-state index is 4.65. The van der Waals surface area contributed by atoms with E-state index in [0.29, 0.717) is 0 Å². The molecule has 3 nitrogen and oxygen atoms in total. The molecule has 1 aliphatic rings. The highest BCUT2D eigenvalue weighted by molar-refractivity contribution is 7.15. The summed E-state index contributed by atoms with van der Waals surface area (Å²) in [6.07, 6.45) is 5.58. The number of anilines is 1. The minimum absolute atomic E-state index is 0.810. The third kappa shape index (κ3) is 1.97. The fourth-order valence-electron chi connectivity index (χ4n) is 1.91. The van der Waals surface area contributed by atoms with Crippen LogP contribution >= 0.6 is 22.7 Å². The van der Waals surface area contributed by atoms with Crippen LogP contribution < -0.4 is 5.32 Å². The third-order valence-electron chi connectivity index (χ3n) is 2.65. The van der Waals surface area contributed by atoms with Crippen molar-refractivity contribution in [2.45, 2.75) is 32.7 Å². The summed E-state index contributed by atoms with van der Waals surface area (Å²) >= 11 is 3.54. The lowest BCUT2D eigenvalue weighted by Gasteiger charge is -1.98. The van der Waals surface area contributed by atoms with Crippen LogP contribution in [0.15, 0.2) is 6.20 Å². The molecule has 2 aromatic rings. The predicted octanol–water partition coefficient (Wildman–Crippen LogP) is 3.01. The Bertz CT molecular complexity index is 480. The average Bonchev–Trinajstić information content (AvgIpc) is 2.89. The van der Waals surface area contributed by atoms with Crippen molar-refractivity contribution in [2.24, 2.45) is 0 Å². The monoisotopic (exact) mass is 251 g/mol. The lowest BCUT2D eigenvalue weighted by molar-refractivity contribution is 0.891. The maximum Gasteiger partial charge on any atom is 0.183 e. The molecule has 0 amide bonds. The maximum atomic E-state index is 4.65. The van der Waals surface area contributed by atoms with Crippen LogP contribution in [0.2, 0.25) is 0 Å². The van der Waals surface area contributed by atoms with Gasteiger partial charge in [0.05, 0.1) is 12.2 Å². The normalized spacial score (nSPS) is 14.1. The first kappa shape index (κ1) is 10.2. The van der Waals surface area contributed by atoms with Crippen molar-refractivity contribution in [1.82, 2.24) is 9.97 Å². The molecule has 0 saturated carbocycles. The molecule has 16 heavy (non-hydrogen) atoms. The fraction of sp³-hybridized carbons (Fsp3) is 0.455. The summed E-state index contributed by atoms with van der Waals surface area (Å²) in [5.74, 6) is 0. The number of nitrogens with zero attached hydrogens (tertiary/aromatic N) is 2. The van der Waals surface area contributed by atoms with E-state index >= 15 is 0 Å². The molecule has 0 aliphatic heterocycles. The SMILES string of the molecule is Cc1cnc(NCc2nc3c(s2)CCC3)s1. The molecule has 0 saturated heterocycles. The van der Waals surface area contributed by atoms with Crippen molar-refractivity contribution in [1.29, 1.82) is 0 Å². The topological polar surface area (TPSA) is 37.8 Å². The van der Waals surface area contributed by atoms with E-state index in [1.54, 1.807) is 11.3 Å². The highest BCUT2D eigenvalue weighted by Crippen LogP contribution is 2.28. The Morgan fingerprint density at radius 3 is 3.06 bits per heavy atom. The van der Waals surface area contributed by atoms with Gasteiger partial charge in [0.2, 0.25) is 0 Å².